The topological polar surface area (TPSA) is 58.0 Å². The van der Waals surface area contributed by atoms with Gasteiger partial charge in [-0.3, -0.25) is 0 Å². The molecule has 2 aromatic rings. The Hall–Kier alpha value is -0.260. The van der Waals surface area contributed by atoms with E-state index in [1.165, 1.54) is 123 Å². The van der Waals surface area contributed by atoms with Crippen LogP contribution in [-0.4, -0.2) is 78.1 Å². The Balaban J connectivity index is 0.957. The van der Waals surface area contributed by atoms with E-state index in [-0.39, 0.29) is 0 Å². The summed E-state index contributed by atoms with van der Waals surface area (Å²) in [5.41, 5.74) is 2.61. The lowest BCUT2D eigenvalue weighted by molar-refractivity contribution is 0.269. The van der Waals surface area contributed by atoms with Crippen LogP contribution in [0.15, 0.2) is 10.1 Å². The predicted molar refractivity (Wildman–Crippen MR) is 134 cm³/mol. The summed E-state index contributed by atoms with van der Waals surface area (Å²) in [6.45, 7) is 7.50. The molecule has 174 valence electrons. The summed E-state index contributed by atoms with van der Waals surface area (Å²) in [4.78, 5) is 5.25. The molecule has 4 aliphatic heterocycles. The Morgan fingerprint density at radius 2 is 1.19 bits per heavy atom. The van der Waals surface area contributed by atoms with Gasteiger partial charge in [0.25, 0.3) is 0 Å². The standard InChI is InChI=1S/C22H32N6S4/c1(9-29-21-19(23-31-25-21)17-13-27-7-3-5-15(17)11-27)2-10-30-22-20(24-32-26-22)18-14-28-8-4-6-16(18)12-28/h15-18H,1-14H2. The first-order valence-corrected chi connectivity index (χ1v) is 15.6. The zero-order chi connectivity index (χ0) is 21.3. The minimum absolute atomic E-state index is 0.622. The van der Waals surface area contributed by atoms with Crippen LogP contribution in [0.1, 0.15) is 61.7 Å². The Morgan fingerprint density at radius 1 is 0.688 bits per heavy atom. The number of aromatic nitrogens is 4. The van der Waals surface area contributed by atoms with Crippen molar-refractivity contribution >= 4 is 47.0 Å². The molecule has 32 heavy (non-hydrogen) atoms. The minimum atomic E-state index is 0.622. The number of nitrogens with zero attached hydrogens (tertiary/aromatic N) is 6. The highest BCUT2D eigenvalue weighted by Crippen LogP contribution is 2.42. The molecule has 4 aliphatic rings. The van der Waals surface area contributed by atoms with Gasteiger partial charge in [-0.2, -0.15) is 17.5 Å². The maximum atomic E-state index is 4.74. The fraction of sp³-hybridized carbons (Fsp3) is 0.818. The molecular formula is C22H32N6S4. The average molecular weight is 509 g/mol. The quantitative estimate of drug-likeness (QED) is 0.358. The summed E-state index contributed by atoms with van der Waals surface area (Å²) in [7, 11) is 0. The van der Waals surface area contributed by atoms with E-state index in [1.54, 1.807) is 0 Å². The first-order valence-electron chi connectivity index (χ1n) is 12.2. The lowest BCUT2D eigenvalue weighted by Gasteiger charge is -2.21. The first-order chi connectivity index (χ1) is 15.8. The highest BCUT2D eigenvalue weighted by atomic mass is 32.2. The number of rotatable bonds is 9. The maximum Gasteiger partial charge on any atom is 0.134 e. The summed E-state index contributed by atoms with van der Waals surface area (Å²) >= 11 is 6.69. The molecule has 0 aliphatic carbocycles. The molecule has 0 saturated carbocycles. The van der Waals surface area contributed by atoms with E-state index in [1.807, 2.05) is 23.5 Å². The second-order valence-corrected chi connectivity index (χ2v) is 13.1. The molecule has 6 atom stereocenters. The van der Waals surface area contributed by atoms with Crippen molar-refractivity contribution < 1.29 is 0 Å². The zero-order valence-corrected chi connectivity index (χ0v) is 21.8. The Labute approximate surface area is 208 Å². The van der Waals surface area contributed by atoms with Gasteiger partial charge in [-0.05, 0) is 75.0 Å². The van der Waals surface area contributed by atoms with Crippen LogP contribution in [0, 0.1) is 11.8 Å². The van der Waals surface area contributed by atoms with E-state index >= 15 is 0 Å². The van der Waals surface area contributed by atoms with E-state index in [0.29, 0.717) is 11.8 Å². The van der Waals surface area contributed by atoms with Crippen LogP contribution < -0.4 is 0 Å². The number of hydrogen-bond acceptors (Lipinski definition) is 10. The Bertz CT molecular complexity index is 830. The van der Waals surface area contributed by atoms with E-state index in [4.69, 9.17) is 8.75 Å². The van der Waals surface area contributed by atoms with Gasteiger partial charge in [-0.15, -0.1) is 23.5 Å². The van der Waals surface area contributed by atoms with Gasteiger partial charge in [0.05, 0.1) is 34.8 Å². The van der Waals surface area contributed by atoms with Crippen molar-refractivity contribution in [3.05, 3.63) is 11.4 Å². The normalized spacial score (nSPS) is 33.8. The van der Waals surface area contributed by atoms with E-state index < -0.39 is 0 Å². The van der Waals surface area contributed by atoms with Gasteiger partial charge in [0.1, 0.15) is 10.1 Å². The van der Waals surface area contributed by atoms with Crippen molar-refractivity contribution in [2.75, 3.05) is 50.8 Å². The van der Waals surface area contributed by atoms with Gasteiger partial charge in [-0.1, -0.05) is 0 Å². The molecule has 0 radical (unpaired) electrons. The maximum absolute atomic E-state index is 4.74. The van der Waals surface area contributed by atoms with Crippen LogP contribution in [0.2, 0.25) is 0 Å². The molecule has 6 heterocycles. The highest BCUT2D eigenvalue weighted by molar-refractivity contribution is 7.99. The molecule has 6 nitrogen and oxygen atoms in total. The lowest BCUT2D eigenvalue weighted by atomic mass is 9.89. The smallest absolute Gasteiger partial charge is 0.134 e. The number of hydrogen-bond donors (Lipinski definition) is 0. The number of fused-ring (bicyclic) bond motifs is 4. The van der Waals surface area contributed by atoms with Gasteiger partial charge in [0, 0.05) is 38.0 Å². The van der Waals surface area contributed by atoms with E-state index in [0.717, 1.165) is 23.3 Å². The van der Waals surface area contributed by atoms with Gasteiger partial charge >= 0.3 is 0 Å². The molecule has 6 rings (SSSR count). The van der Waals surface area contributed by atoms with Crippen LogP contribution in [0.5, 0.6) is 0 Å². The lowest BCUT2D eigenvalue weighted by Crippen LogP contribution is -2.25. The van der Waals surface area contributed by atoms with Gasteiger partial charge < -0.3 is 9.80 Å². The molecule has 0 amide bonds. The molecule has 4 bridgehead atoms. The van der Waals surface area contributed by atoms with Gasteiger partial charge in [0.2, 0.25) is 0 Å². The van der Waals surface area contributed by atoms with Crippen LogP contribution >= 0.6 is 47.0 Å². The van der Waals surface area contributed by atoms with E-state index in [9.17, 15) is 0 Å². The highest BCUT2D eigenvalue weighted by Gasteiger charge is 2.40. The monoisotopic (exact) mass is 508 g/mol. The summed E-state index contributed by atoms with van der Waals surface area (Å²) in [6.07, 6.45) is 7.90. The minimum Gasteiger partial charge on any atom is -0.302 e. The molecule has 6 unspecified atom stereocenters. The summed E-state index contributed by atoms with van der Waals surface area (Å²) in [5.74, 6) is 5.14. The second kappa shape index (κ2) is 10.2. The average Bonchev–Trinajstić information content (AvgIpc) is 3.58. The zero-order valence-electron chi connectivity index (χ0n) is 18.5. The fourth-order valence-corrected chi connectivity index (χ4v) is 9.76. The summed E-state index contributed by atoms with van der Waals surface area (Å²) in [6, 6.07) is 0. The fourth-order valence-electron chi connectivity index (χ4n) is 6.21. The second-order valence-electron chi connectivity index (χ2n) is 9.85. The Morgan fingerprint density at radius 3 is 1.66 bits per heavy atom. The number of unbranched alkanes of at least 4 members (excludes halogenated alkanes) is 1. The van der Waals surface area contributed by atoms with Crippen molar-refractivity contribution in [3.63, 3.8) is 0 Å². The third kappa shape index (κ3) is 4.64. The Kier molecular flexibility index (Phi) is 7.05. The van der Waals surface area contributed by atoms with Crippen molar-refractivity contribution in [3.8, 4) is 0 Å². The van der Waals surface area contributed by atoms with Gasteiger partial charge in [-0.25, -0.2) is 0 Å². The van der Waals surface area contributed by atoms with Gasteiger partial charge in [0.15, 0.2) is 0 Å². The molecule has 4 fully saturated rings. The number of thioether (sulfide) groups is 2. The van der Waals surface area contributed by atoms with Crippen LogP contribution in [0.4, 0.5) is 0 Å². The molecule has 4 saturated heterocycles. The largest absolute Gasteiger partial charge is 0.302 e. The molecule has 10 heteroatoms. The first kappa shape index (κ1) is 22.2. The molecule has 0 aromatic carbocycles. The molecule has 0 N–H and O–H groups in total. The summed E-state index contributed by atoms with van der Waals surface area (Å²) < 4.78 is 18.8. The van der Waals surface area contributed by atoms with Crippen molar-refractivity contribution in [2.45, 2.75) is 60.4 Å². The summed E-state index contributed by atoms with van der Waals surface area (Å²) in [5, 5.41) is 2.43. The third-order valence-corrected chi connectivity index (χ3v) is 11.3. The van der Waals surface area contributed by atoms with Crippen LogP contribution in [0.3, 0.4) is 0 Å². The van der Waals surface area contributed by atoms with E-state index in [2.05, 4.69) is 18.5 Å². The van der Waals surface area contributed by atoms with Crippen LogP contribution in [0.25, 0.3) is 0 Å². The van der Waals surface area contributed by atoms with Crippen molar-refractivity contribution in [1.82, 2.24) is 27.3 Å². The predicted octanol–water partition coefficient (Wildman–Crippen LogP) is 4.67. The van der Waals surface area contributed by atoms with Crippen LogP contribution in [-0.2, 0) is 0 Å². The molecule has 0 spiro atoms. The van der Waals surface area contributed by atoms with Crippen molar-refractivity contribution in [2.24, 2.45) is 11.8 Å². The third-order valence-electron chi connectivity index (χ3n) is 7.81. The molecular weight excluding hydrogens is 477 g/mol. The SMILES string of the molecule is C(CCSc1nsnc1C1CN2CCCC1C2)CSc1nsnc1C1CN2CCCC1C2. The molecule has 2 aromatic heterocycles. The van der Waals surface area contributed by atoms with Crippen molar-refractivity contribution in [1.29, 1.82) is 0 Å². The number of piperidine rings is 2.